The van der Waals surface area contributed by atoms with E-state index in [0.29, 0.717) is 0 Å². The average Bonchev–Trinajstić information content (AvgIpc) is 3.05. The molecule has 2 aliphatic rings. The molecule has 1 saturated carbocycles. The molecule has 0 aromatic carbocycles. The molecule has 2 rings (SSSR count). The van der Waals surface area contributed by atoms with E-state index in [2.05, 4.69) is 29.5 Å². The summed E-state index contributed by atoms with van der Waals surface area (Å²) in [5.41, 5.74) is 0. The molecule has 142 valence electrons. The summed E-state index contributed by atoms with van der Waals surface area (Å²) >= 11 is 0. The molecule has 0 radical (unpaired) electrons. The molecule has 0 aromatic rings. The monoisotopic (exact) mass is 450 g/mol. The summed E-state index contributed by atoms with van der Waals surface area (Å²) in [6.07, 6.45) is 12.6. The summed E-state index contributed by atoms with van der Waals surface area (Å²) in [5, 5.41) is 6.91. The third kappa shape index (κ3) is 8.88. The second kappa shape index (κ2) is 13.2. The van der Waals surface area contributed by atoms with Gasteiger partial charge in [0.1, 0.15) is 0 Å². The van der Waals surface area contributed by atoms with E-state index in [4.69, 9.17) is 4.99 Å². The van der Waals surface area contributed by atoms with E-state index < -0.39 is 0 Å². The molecule has 1 atom stereocenters. The van der Waals surface area contributed by atoms with E-state index in [9.17, 15) is 0 Å². The van der Waals surface area contributed by atoms with E-state index in [1.54, 1.807) is 0 Å². The van der Waals surface area contributed by atoms with E-state index >= 15 is 0 Å². The minimum atomic E-state index is 0. The van der Waals surface area contributed by atoms with Crippen LogP contribution in [0.5, 0.6) is 0 Å². The fourth-order valence-corrected chi connectivity index (χ4v) is 4.05. The maximum absolute atomic E-state index is 4.81. The first-order chi connectivity index (χ1) is 11.3. The number of nitrogens with zero attached hydrogens (tertiary/aromatic N) is 2. The van der Waals surface area contributed by atoms with Crippen molar-refractivity contribution in [3.8, 4) is 0 Å². The lowest BCUT2D eigenvalue weighted by Crippen LogP contribution is -2.39. The van der Waals surface area contributed by atoms with Gasteiger partial charge in [0.25, 0.3) is 0 Å². The summed E-state index contributed by atoms with van der Waals surface area (Å²) in [7, 11) is 2.23. The van der Waals surface area contributed by atoms with E-state index in [1.165, 1.54) is 70.9 Å². The largest absolute Gasteiger partial charge is 0.357 e. The number of hydrogen-bond donors (Lipinski definition) is 2. The number of unbranched alkanes of at least 4 members (excludes halogenated alkanes) is 1. The van der Waals surface area contributed by atoms with Crippen LogP contribution >= 0.6 is 24.0 Å². The summed E-state index contributed by atoms with van der Waals surface area (Å²) in [4.78, 5) is 7.25. The lowest BCUT2D eigenvalue weighted by Gasteiger charge is -2.28. The summed E-state index contributed by atoms with van der Waals surface area (Å²) in [5.74, 6) is 2.77. The smallest absolute Gasteiger partial charge is 0.191 e. The predicted molar refractivity (Wildman–Crippen MR) is 115 cm³/mol. The molecule has 1 heterocycles. The van der Waals surface area contributed by atoms with Gasteiger partial charge in [-0.1, -0.05) is 38.5 Å². The zero-order valence-electron chi connectivity index (χ0n) is 15.9. The number of hydrogen-bond acceptors (Lipinski definition) is 2. The van der Waals surface area contributed by atoms with E-state index in [-0.39, 0.29) is 24.0 Å². The molecule has 0 spiro atoms. The fraction of sp³-hybridized carbons (Fsp3) is 0.947. The standard InChI is InChI=1S/C19H38N4.HI/c1-3-20-19(22-15-18-12-8-14-23(2)16-18)21-13-7-6-11-17-9-4-5-10-17;/h17-18H,3-16H2,1-2H3,(H2,20,21,22);1H. The highest BCUT2D eigenvalue weighted by atomic mass is 127. The molecule has 0 amide bonds. The Labute approximate surface area is 166 Å². The van der Waals surface area contributed by atoms with Crippen LogP contribution in [-0.2, 0) is 0 Å². The lowest BCUT2D eigenvalue weighted by molar-refractivity contribution is 0.214. The van der Waals surface area contributed by atoms with Crippen molar-refractivity contribution >= 4 is 29.9 Å². The lowest BCUT2D eigenvalue weighted by atomic mass is 9.99. The Balaban J connectivity index is 0.00000288. The number of halogens is 1. The van der Waals surface area contributed by atoms with Gasteiger partial charge in [0, 0.05) is 26.2 Å². The average molecular weight is 450 g/mol. The Morgan fingerprint density at radius 3 is 2.50 bits per heavy atom. The first-order valence-corrected chi connectivity index (χ1v) is 9.98. The number of guanidine groups is 1. The minimum absolute atomic E-state index is 0. The molecule has 1 aliphatic carbocycles. The van der Waals surface area contributed by atoms with Crippen LogP contribution in [-0.4, -0.2) is 50.6 Å². The van der Waals surface area contributed by atoms with E-state index in [0.717, 1.165) is 37.4 Å². The SMILES string of the molecule is CCNC(=NCC1CCCN(C)C1)NCCCCC1CCCC1.I. The van der Waals surface area contributed by atoms with Gasteiger partial charge in [0.2, 0.25) is 0 Å². The second-order valence-corrected chi connectivity index (χ2v) is 7.56. The molecule has 0 aromatic heterocycles. The molecule has 4 nitrogen and oxygen atoms in total. The van der Waals surface area contributed by atoms with Gasteiger partial charge in [0.05, 0.1) is 0 Å². The number of rotatable bonds is 8. The third-order valence-corrected chi connectivity index (χ3v) is 5.38. The normalized spacial score (nSPS) is 23.1. The number of likely N-dealkylation sites (tertiary alicyclic amines) is 1. The van der Waals surface area contributed by atoms with Gasteiger partial charge in [-0.05, 0) is 51.6 Å². The van der Waals surface area contributed by atoms with Gasteiger partial charge in [-0.3, -0.25) is 4.99 Å². The van der Waals surface area contributed by atoms with Gasteiger partial charge in [-0.25, -0.2) is 0 Å². The van der Waals surface area contributed by atoms with Crippen LogP contribution in [0.3, 0.4) is 0 Å². The molecule has 1 aliphatic heterocycles. The predicted octanol–water partition coefficient (Wildman–Crippen LogP) is 3.86. The maximum atomic E-state index is 4.81. The maximum Gasteiger partial charge on any atom is 0.191 e. The molecular formula is C19H39IN4. The summed E-state index contributed by atoms with van der Waals surface area (Å²) in [6, 6.07) is 0. The van der Waals surface area contributed by atoms with Crippen molar-refractivity contribution in [3.63, 3.8) is 0 Å². The van der Waals surface area contributed by atoms with Crippen molar-refractivity contribution < 1.29 is 0 Å². The highest BCUT2D eigenvalue weighted by Crippen LogP contribution is 2.28. The minimum Gasteiger partial charge on any atom is -0.357 e. The number of aliphatic imine (C=N–C) groups is 1. The van der Waals surface area contributed by atoms with Crippen LogP contribution in [0, 0.1) is 11.8 Å². The van der Waals surface area contributed by atoms with Crippen molar-refractivity contribution in [1.82, 2.24) is 15.5 Å². The van der Waals surface area contributed by atoms with Crippen molar-refractivity contribution in [2.45, 2.75) is 64.7 Å². The first kappa shape index (κ1) is 22.0. The Morgan fingerprint density at radius 1 is 1.04 bits per heavy atom. The Bertz CT molecular complexity index is 342. The van der Waals surface area contributed by atoms with Crippen molar-refractivity contribution in [3.05, 3.63) is 0 Å². The molecule has 2 fully saturated rings. The Hall–Kier alpha value is -0.0400. The fourth-order valence-electron chi connectivity index (χ4n) is 4.05. The van der Waals surface area contributed by atoms with Crippen LogP contribution in [0.1, 0.15) is 64.7 Å². The molecule has 1 unspecified atom stereocenters. The molecule has 24 heavy (non-hydrogen) atoms. The third-order valence-electron chi connectivity index (χ3n) is 5.38. The van der Waals surface area contributed by atoms with Gasteiger partial charge >= 0.3 is 0 Å². The number of nitrogens with one attached hydrogen (secondary N) is 2. The molecular weight excluding hydrogens is 411 g/mol. The second-order valence-electron chi connectivity index (χ2n) is 7.56. The highest BCUT2D eigenvalue weighted by Gasteiger charge is 2.17. The Kier molecular flexibility index (Phi) is 12.1. The van der Waals surface area contributed by atoms with Crippen LogP contribution < -0.4 is 10.6 Å². The zero-order chi connectivity index (χ0) is 16.3. The van der Waals surface area contributed by atoms with Gasteiger partial charge in [-0.15, -0.1) is 24.0 Å². The highest BCUT2D eigenvalue weighted by molar-refractivity contribution is 14.0. The first-order valence-electron chi connectivity index (χ1n) is 9.98. The number of piperidine rings is 1. The van der Waals surface area contributed by atoms with Gasteiger partial charge in [0.15, 0.2) is 5.96 Å². The van der Waals surface area contributed by atoms with Crippen LogP contribution in [0.15, 0.2) is 4.99 Å². The van der Waals surface area contributed by atoms with Gasteiger partial charge < -0.3 is 15.5 Å². The quantitative estimate of drug-likeness (QED) is 0.255. The topological polar surface area (TPSA) is 39.7 Å². The van der Waals surface area contributed by atoms with Crippen LogP contribution in [0.2, 0.25) is 0 Å². The molecule has 1 saturated heterocycles. The molecule has 5 heteroatoms. The molecule has 2 N–H and O–H groups in total. The van der Waals surface area contributed by atoms with Crippen LogP contribution in [0.4, 0.5) is 0 Å². The summed E-state index contributed by atoms with van der Waals surface area (Å²) in [6.45, 7) is 7.55. The van der Waals surface area contributed by atoms with Crippen molar-refractivity contribution in [2.75, 3.05) is 39.8 Å². The van der Waals surface area contributed by atoms with E-state index in [1.807, 2.05) is 0 Å². The van der Waals surface area contributed by atoms with Crippen LogP contribution in [0.25, 0.3) is 0 Å². The Morgan fingerprint density at radius 2 is 1.79 bits per heavy atom. The van der Waals surface area contributed by atoms with Crippen molar-refractivity contribution in [2.24, 2.45) is 16.8 Å². The summed E-state index contributed by atoms with van der Waals surface area (Å²) < 4.78 is 0. The van der Waals surface area contributed by atoms with Gasteiger partial charge in [-0.2, -0.15) is 0 Å². The molecule has 0 bridgehead atoms. The van der Waals surface area contributed by atoms with Crippen molar-refractivity contribution in [1.29, 1.82) is 0 Å². The zero-order valence-corrected chi connectivity index (χ0v) is 18.2.